The van der Waals surface area contributed by atoms with Crippen molar-refractivity contribution in [3.8, 4) is 0 Å². The third-order valence-electron chi connectivity index (χ3n) is 2.78. The second-order valence-electron chi connectivity index (χ2n) is 3.87. The van der Waals surface area contributed by atoms with E-state index in [-0.39, 0.29) is 6.10 Å². The van der Waals surface area contributed by atoms with E-state index in [2.05, 4.69) is 26.2 Å². The number of halogens is 1. The minimum atomic E-state index is -0.670. The van der Waals surface area contributed by atoms with E-state index in [9.17, 15) is 5.11 Å². The van der Waals surface area contributed by atoms with Crippen molar-refractivity contribution in [3.05, 3.63) is 10.3 Å². The maximum atomic E-state index is 10.2. The highest BCUT2D eigenvalue weighted by Gasteiger charge is 2.38. The summed E-state index contributed by atoms with van der Waals surface area (Å²) < 4.78 is 7.49. The second-order valence-corrected chi connectivity index (χ2v) is 4.62. The molecule has 0 radical (unpaired) electrons. The molecular formula is C9H14BrN3O2. The number of ether oxygens (including phenoxy) is 1. The standard InChI is InChI=1S/C9H14BrN3O2/c1-13-6(9(10)11-12-13)7(14)8(15-2)5-3-4-5/h5,7-8,14H,3-4H2,1-2H3. The molecule has 1 heterocycles. The fourth-order valence-electron chi connectivity index (χ4n) is 1.81. The third-order valence-corrected chi connectivity index (χ3v) is 3.34. The number of hydrogen-bond donors (Lipinski definition) is 1. The molecule has 2 atom stereocenters. The highest BCUT2D eigenvalue weighted by atomic mass is 79.9. The summed E-state index contributed by atoms with van der Waals surface area (Å²) in [5, 5.41) is 17.9. The number of hydrogen-bond acceptors (Lipinski definition) is 4. The minimum Gasteiger partial charge on any atom is -0.384 e. The average molecular weight is 276 g/mol. The largest absolute Gasteiger partial charge is 0.384 e. The molecule has 5 nitrogen and oxygen atoms in total. The van der Waals surface area contributed by atoms with Gasteiger partial charge in [-0.05, 0) is 34.7 Å². The van der Waals surface area contributed by atoms with E-state index in [1.807, 2.05) is 0 Å². The predicted octanol–water partition coefficient (Wildman–Crippen LogP) is 1.04. The maximum absolute atomic E-state index is 10.2. The fourth-order valence-corrected chi connectivity index (χ4v) is 2.37. The van der Waals surface area contributed by atoms with Crippen LogP contribution in [0.15, 0.2) is 4.60 Å². The zero-order valence-electron chi connectivity index (χ0n) is 8.72. The van der Waals surface area contributed by atoms with Gasteiger partial charge in [0.25, 0.3) is 0 Å². The summed E-state index contributed by atoms with van der Waals surface area (Å²) in [5.74, 6) is 0.465. The molecule has 0 saturated heterocycles. The Balaban J connectivity index is 2.21. The first-order chi connectivity index (χ1) is 7.15. The molecule has 2 unspecified atom stereocenters. The molecule has 15 heavy (non-hydrogen) atoms. The molecule has 1 N–H and O–H groups in total. The first kappa shape index (κ1) is 11.0. The van der Waals surface area contributed by atoms with Crippen LogP contribution < -0.4 is 0 Å². The van der Waals surface area contributed by atoms with Crippen LogP contribution in [-0.4, -0.2) is 33.3 Å². The number of aliphatic hydroxyl groups is 1. The van der Waals surface area contributed by atoms with Crippen molar-refractivity contribution in [2.24, 2.45) is 13.0 Å². The second kappa shape index (κ2) is 4.19. The van der Waals surface area contributed by atoms with E-state index in [0.29, 0.717) is 16.2 Å². The van der Waals surface area contributed by atoms with Gasteiger partial charge in [0.15, 0.2) is 4.60 Å². The number of nitrogens with zero attached hydrogens (tertiary/aromatic N) is 3. The lowest BCUT2D eigenvalue weighted by molar-refractivity contribution is -0.0298. The van der Waals surface area contributed by atoms with Crippen molar-refractivity contribution in [1.82, 2.24) is 15.0 Å². The number of aryl methyl sites for hydroxylation is 1. The van der Waals surface area contributed by atoms with Crippen molar-refractivity contribution in [3.63, 3.8) is 0 Å². The molecule has 0 spiro atoms. The van der Waals surface area contributed by atoms with Crippen LogP contribution in [0.1, 0.15) is 24.6 Å². The van der Waals surface area contributed by atoms with Gasteiger partial charge in [-0.25, -0.2) is 4.68 Å². The molecule has 6 heteroatoms. The SMILES string of the molecule is COC(C1CC1)C(O)c1c(Br)nnn1C. The lowest BCUT2D eigenvalue weighted by Gasteiger charge is -2.21. The summed E-state index contributed by atoms with van der Waals surface area (Å²) in [6, 6.07) is 0. The highest BCUT2D eigenvalue weighted by Crippen LogP contribution is 2.40. The predicted molar refractivity (Wildman–Crippen MR) is 57.2 cm³/mol. The number of aliphatic hydroxyl groups excluding tert-OH is 1. The van der Waals surface area contributed by atoms with Crippen LogP contribution in [0, 0.1) is 5.92 Å². The Kier molecular flexibility index (Phi) is 3.08. The zero-order valence-corrected chi connectivity index (χ0v) is 10.3. The lowest BCUT2D eigenvalue weighted by Crippen LogP contribution is -2.25. The number of methoxy groups -OCH3 is 1. The molecule has 1 aromatic rings. The van der Waals surface area contributed by atoms with Gasteiger partial charge in [-0.15, -0.1) is 5.10 Å². The van der Waals surface area contributed by atoms with Crippen LogP contribution in [-0.2, 0) is 11.8 Å². The van der Waals surface area contributed by atoms with Gasteiger partial charge in [-0.2, -0.15) is 0 Å². The molecule has 1 saturated carbocycles. The molecule has 0 bridgehead atoms. The first-order valence-corrected chi connectivity index (χ1v) is 5.70. The molecule has 84 valence electrons. The Morgan fingerprint density at radius 3 is 2.67 bits per heavy atom. The van der Waals surface area contributed by atoms with Gasteiger partial charge in [-0.3, -0.25) is 0 Å². The third kappa shape index (κ3) is 2.07. The van der Waals surface area contributed by atoms with E-state index in [1.54, 1.807) is 18.8 Å². The lowest BCUT2D eigenvalue weighted by atomic mass is 10.1. The maximum Gasteiger partial charge on any atom is 0.154 e. The molecular weight excluding hydrogens is 262 g/mol. The van der Waals surface area contributed by atoms with Crippen LogP contribution in [0.3, 0.4) is 0 Å². The molecule has 0 aromatic carbocycles. The topological polar surface area (TPSA) is 60.2 Å². The molecule has 0 amide bonds. The van der Waals surface area contributed by atoms with E-state index >= 15 is 0 Å². The first-order valence-electron chi connectivity index (χ1n) is 4.91. The Morgan fingerprint density at radius 2 is 2.27 bits per heavy atom. The number of rotatable bonds is 4. The summed E-state index contributed by atoms with van der Waals surface area (Å²) in [4.78, 5) is 0. The molecule has 1 fully saturated rings. The zero-order chi connectivity index (χ0) is 11.0. The van der Waals surface area contributed by atoms with Gasteiger partial charge in [-0.1, -0.05) is 5.21 Å². The molecule has 2 rings (SSSR count). The van der Waals surface area contributed by atoms with E-state index in [0.717, 1.165) is 12.8 Å². The van der Waals surface area contributed by atoms with Gasteiger partial charge in [0.1, 0.15) is 11.8 Å². The average Bonchev–Trinajstić information content (AvgIpc) is 2.95. The van der Waals surface area contributed by atoms with Gasteiger partial charge in [0.2, 0.25) is 0 Å². The summed E-state index contributed by atoms with van der Waals surface area (Å²) in [5.41, 5.74) is 0.675. The molecule has 0 aliphatic heterocycles. The van der Waals surface area contributed by atoms with Crippen LogP contribution in [0.2, 0.25) is 0 Å². The molecule has 1 aromatic heterocycles. The summed E-state index contributed by atoms with van der Waals surface area (Å²) in [6.07, 6.45) is 1.42. The highest BCUT2D eigenvalue weighted by molar-refractivity contribution is 9.10. The van der Waals surface area contributed by atoms with Gasteiger partial charge < -0.3 is 9.84 Å². The smallest absolute Gasteiger partial charge is 0.154 e. The Morgan fingerprint density at radius 1 is 1.60 bits per heavy atom. The normalized spacial score (nSPS) is 20.3. The van der Waals surface area contributed by atoms with Crippen molar-refractivity contribution in [2.45, 2.75) is 25.0 Å². The van der Waals surface area contributed by atoms with Gasteiger partial charge >= 0.3 is 0 Å². The minimum absolute atomic E-state index is 0.154. The van der Waals surface area contributed by atoms with Crippen molar-refractivity contribution >= 4 is 15.9 Å². The summed E-state index contributed by atoms with van der Waals surface area (Å²) in [7, 11) is 3.39. The summed E-state index contributed by atoms with van der Waals surface area (Å²) >= 11 is 3.27. The Bertz CT molecular complexity index is 332. The quantitative estimate of drug-likeness (QED) is 0.892. The number of aromatic nitrogens is 3. The van der Waals surface area contributed by atoms with Gasteiger partial charge in [0.05, 0.1) is 6.10 Å². The van der Waals surface area contributed by atoms with Crippen molar-refractivity contribution in [2.75, 3.05) is 7.11 Å². The van der Waals surface area contributed by atoms with E-state index in [1.165, 1.54) is 0 Å². The summed E-state index contributed by atoms with van der Waals surface area (Å²) in [6.45, 7) is 0. The molecule has 1 aliphatic rings. The Labute approximate surface area is 96.6 Å². The van der Waals surface area contributed by atoms with E-state index in [4.69, 9.17) is 4.74 Å². The van der Waals surface area contributed by atoms with Crippen molar-refractivity contribution < 1.29 is 9.84 Å². The monoisotopic (exact) mass is 275 g/mol. The van der Waals surface area contributed by atoms with Crippen LogP contribution >= 0.6 is 15.9 Å². The molecule has 1 aliphatic carbocycles. The van der Waals surface area contributed by atoms with Crippen LogP contribution in [0.4, 0.5) is 0 Å². The van der Waals surface area contributed by atoms with Gasteiger partial charge in [0, 0.05) is 14.2 Å². The Hall–Kier alpha value is -0.460. The van der Waals surface area contributed by atoms with Crippen LogP contribution in [0.25, 0.3) is 0 Å². The van der Waals surface area contributed by atoms with Crippen molar-refractivity contribution in [1.29, 1.82) is 0 Å². The fraction of sp³-hybridized carbons (Fsp3) is 0.778. The van der Waals surface area contributed by atoms with Crippen LogP contribution in [0.5, 0.6) is 0 Å². The van der Waals surface area contributed by atoms with E-state index < -0.39 is 6.10 Å².